The van der Waals surface area contributed by atoms with Crippen LogP contribution in [-0.2, 0) is 11.3 Å². The van der Waals surface area contributed by atoms with Gasteiger partial charge in [0.25, 0.3) is 0 Å². The summed E-state index contributed by atoms with van der Waals surface area (Å²) in [6.07, 6.45) is 6.09. The minimum absolute atomic E-state index is 0.0623. The lowest BCUT2D eigenvalue weighted by Crippen LogP contribution is -2.13. The molecule has 1 aromatic heterocycles. The van der Waals surface area contributed by atoms with Crippen molar-refractivity contribution in [2.45, 2.75) is 32.4 Å². The van der Waals surface area contributed by atoms with Gasteiger partial charge in [-0.1, -0.05) is 0 Å². The number of aryl methyl sites for hydroxylation is 1. The molecule has 2 rings (SSSR count). The van der Waals surface area contributed by atoms with Gasteiger partial charge < -0.3 is 15.0 Å². The normalized spacial score (nSPS) is 23.2. The molecule has 1 saturated heterocycles. The molecule has 84 valence electrons. The summed E-state index contributed by atoms with van der Waals surface area (Å²) < 4.78 is 7.51. The number of aromatic nitrogens is 2. The number of hydrogen-bond acceptors (Lipinski definition) is 3. The highest BCUT2D eigenvalue weighted by Crippen LogP contribution is 2.18. The zero-order valence-corrected chi connectivity index (χ0v) is 9.22. The van der Waals surface area contributed by atoms with Crippen LogP contribution in [0.4, 0.5) is 0 Å². The van der Waals surface area contributed by atoms with Gasteiger partial charge in [-0.05, 0) is 25.7 Å². The van der Waals surface area contributed by atoms with Crippen molar-refractivity contribution in [3.63, 3.8) is 0 Å². The minimum Gasteiger partial charge on any atom is -0.381 e. The summed E-state index contributed by atoms with van der Waals surface area (Å²) in [5.41, 5.74) is 6.98. The molecule has 0 aromatic carbocycles. The van der Waals surface area contributed by atoms with Crippen LogP contribution < -0.4 is 5.73 Å². The summed E-state index contributed by atoms with van der Waals surface area (Å²) in [7, 11) is 0. The molecule has 0 saturated carbocycles. The lowest BCUT2D eigenvalue weighted by molar-refractivity contribution is 0.183. The van der Waals surface area contributed by atoms with E-state index in [0.29, 0.717) is 5.92 Å². The summed E-state index contributed by atoms with van der Waals surface area (Å²) in [6, 6.07) is 0.0623. The third-order valence-electron chi connectivity index (χ3n) is 3.01. The van der Waals surface area contributed by atoms with E-state index in [4.69, 9.17) is 10.5 Å². The Morgan fingerprint density at radius 3 is 3.27 bits per heavy atom. The fraction of sp³-hybridized carbons (Fsp3) is 0.727. The maximum Gasteiger partial charge on any atom is 0.0948 e. The average Bonchev–Trinajstić information content (AvgIpc) is 2.86. The van der Waals surface area contributed by atoms with E-state index in [1.165, 1.54) is 6.42 Å². The summed E-state index contributed by atoms with van der Waals surface area (Å²) in [6.45, 7) is 4.84. The van der Waals surface area contributed by atoms with Crippen LogP contribution in [0, 0.1) is 5.92 Å². The summed E-state index contributed by atoms with van der Waals surface area (Å²) >= 11 is 0. The Morgan fingerprint density at radius 1 is 1.73 bits per heavy atom. The smallest absolute Gasteiger partial charge is 0.0948 e. The largest absolute Gasteiger partial charge is 0.381 e. The second-order valence-electron chi connectivity index (χ2n) is 4.32. The van der Waals surface area contributed by atoms with Crippen LogP contribution in [0.25, 0.3) is 0 Å². The molecule has 2 atom stereocenters. The molecule has 0 aliphatic carbocycles. The van der Waals surface area contributed by atoms with Crippen molar-refractivity contribution < 1.29 is 4.74 Å². The van der Waals surface area contributed by atoms with Gasteiger partial charge in [0.1, 0.15) is 0 Å². The second-order valence-corrected chi connectivity index (χ2v) is 4.32. The van der Waals surface area contributed by atoms with E-state index in [2.05, 4.69) is 9.55 Å². The van der Waals surface area contributed by atoms with Crippen molar-refractivity contribution in [2.24, 2.45) is 11.7 Å². The average molecular weight is 209 g/mol. The molecule has 2 N–H and O–H groups in total. The molecule has 1 unspecified atom stereocenters. The zero-order valence-electron chi connectivity index (χ0n) is 9.22. The van der Waals surface area contributed by atoms with Gasteiger partial charge in [0.15, 0.2) is 0 Å². The van der Waals surface area contributed by atoms with E-state index in [1.807, 2.05) is 19.4 Å². The van der Waals surface area contributed by atoms with Gasteiger partial charge >= 0.3 is 0 Å². The summed E-state index contributed by atoms with van der Waals surface area (Å²) in [5.74, 6) is 0.716. The molecule has 0 spiro atoms. The first kappa shape index (κ1) is 10.6. The first-order valence-electron chi connectivity index (χ1n) is 5.60. The van der Waals surface area contributed by atoms with Crippen molar-refractivity contribution in [3.05, 3.63) is 18.2 Å². The van der Waals surface area contributed by atoms with Gasteiger partial charge in [-0.3, -0.25) is 0 Å². The van der Waals surface area contributed by atoms with Crippen molar-refractivity contribution in [1.82, 2.24) is 9.55 Å². The highest BCUT2D eigenvalue weighted by Gasteiger charge is 2.16. The van der Waals surface area contributed by atoms with Crippen LogP contribution in [0.3, 0.4) is 0 Å². The Bertz CT molecular complexity index is 303. The number of rotatable bonds is 4. The number of imidazole rings is 1. The van der Waals surface area contributed by atoms with Gasteiger partial charge in [0, 0.05) is 32.0 Å². The molecule has 15 heavy (non-hydrogen) atoms. The molecule has 1 aliphatic rings. The second kappa shape index (κ2) is 4.77. The maximum absolute atomic E-state index is 5.86. The predicted octanol–water partition coefficient (Wildman–Crippen LogP) is 1.33. The molecule has 4 nitrogen and oxygen atoms in total. The Labute approximate surface area is 90.4 Å². The molecule has 1 fully saturated rings. The minimum atomic E-state index is 0.0623. The van der Waals surface area contributed by atoms with Gasteiger partial charge in [0.05, 0.1) is 12.0 Å². The summed E-state index contributed by atoms with van der Waals surface area (Å²) in [4.78, 5) is 4.14. The van der Waals surface area contributed by atoms with E-state index < -0.39 is 0 Å². The Hall–Kier alpha value is -0.870. The number of nitrogens with zero attached hydrogens (tertiary/aromatic N) is 2. The lowest BCUT2D eigenvalue weighted by atomic mass is 10.1. The van der Waals surface area contributed by atoms with Gasteiger partial charge in [-0.25, -0.2) is 4.98 Å². The molecule has 2 heterocycles. The monoisotopic (exact) mass is 209 g/mol. The Kier molecular flexibility index (Phi) is 3.38. The highest BCUT2D eigenvalue weighted by atomic mass is 16.5. The van der Waals surface area contributed by atoms with Crippen LogP contribution in [0.5, 0.6) is 0 Å². The van der Waals surface area contributed by atoms with Crippen molar-refractivity contribution in [3.8, 4) is 0 Å². The number of ether oxygens (including phenoxy) is 1. The SMILES string of the molecule is C[C@H](N)c1cncn1CCC1CCOC1. The fourth-order valence-electron chi connectivity index (χ4n) is 2.03. The fourth-order valence-corrected chi connectivity index (χ4v) is 2.03. The van der Waals surface area contributed by atoms with Gasteiger partial charge in [-0.2, -0.15) is 0 Å². The van der Waals surface area contributed by atoms with Crippen LogP contribution >= 0.6 is 0 Å². The zero-order chi connectivity index (χ0) is 10.7. The standard InChI is InChI=1S/C11H19N3O/c1-9(12)11-6-13-8-14(11)4-2-10-3-5-15-7-10/h6,8-10H,2-5,7,12H2,1H3/t9-,10?/m0/s1. The predicted molar refractivity (Wildman–Crippen MR) is 58.4 cm³/mol. The molecular formula is C11H19N3O. The maximum atomic E-state index is 5.86. The summed E-state index contributed by atoms with van der Waals surface area (Å²) in [5, 5.41) is 0. The molecule has 0 radical (unpaired) electrons. The van der Waals surface area contributed by atoms with E-state index >= 15 is 0 Å². The van der Waals surface area contributed by atoms with Crippen LogP contribution in [-0.4, -0.2) is 22.8 Å². The first-order valence-corrected chi connectivity index (χ1v) is 5.60. The van der Waals surface area contributed by atoms with Crippen molar-refractivity contribution in [2.75, 3.05) is 13.2 Å². The van der Waals surface area contributed by atoms with Gasteiger partial charge in [-0.15, -0.1) is 0 Å². The van der Waals surface area contributed by atoms with Crippen LogP contribution in [0.1, 0.15) is 31.5 Å². The molecule has 0 bridgehead atoms. The van der Waals surface area contributed by atoms with E-state index in [-0.39, 0.29) is 6.04 Å². The Morgan fingerprint density at radius 2 is 2.60 bits per heavy atom. The quantitative estimate of drug-likeness (QED) is 0.814. The van der Waals surface area contributed by atoms with Crippen molar-refractivity contribution >= 4 is 0 Å². The molecule has 1 aliphatic heterocycles. The van der Waals surface area contributed by atoms with E-state index in [0.717, 1.165) is 31.9 Å². The number of nitrogens with two attached hydrogens (primary N) is 1. The van der Waals surface area contributed by atoms with E-state index in [1.54, 1.807) is 0 Å². The van der Waals surface area contributed by atoms with Crippen LogP contribution in [0.2, 0.25) is 0 Å². The molecule has 4 heteroatoms. The first-order chi connectivity index (χ1) is 7.27. The third kappa shape index (κ3) is 2.58. The van der Waals surface area contributed by atoms with Crippen molar-refractivity contribution in [1.29, 1.82) is 0 Å². The topological polar surface area (TPSA) is 53.1 Å². The Balaban J connectivity index is 1.89. The molecule has 0 amide bonds. The highest BCUT2D eigenvalue weighted by molar-refractivity contribution is 5.02. The van der Waals surface area contributed by atoms with Crippen LogP contribution in [0.15, 0.2) is 12.5 Å². The van der Waals surface area contributed by atoms with Gasteiger partial charge in [0.2, 0.25) is 0 Å². The molecular weight excluding hydrogens is 190 g/mol. The lowest BCUT2D eigenvalue weighted by Gasteiger charge is -2.12. The third-order valence-corrected chi connectivity index (χ3v) is 3.01. The van der Waals surface area contributed by atoms with E-state index in [9.17, 15) is 0 Å². The molecule has 1 aromatic rings. The number of hydrogen-bond donors (Lipinski definition) is 1.